The third kappa shape index (κ3) is 3.13. The van der Waals surface area contributed by atoms with E-state index in [4.69, 9.17) is 0 Å². The normalized spacial score (nSPS) is 10.9. The smallest absolute Gasteiger partial charge is 0.267 e. The van der Waals surface area contributed by atoms with Crippen LogP contribution in [0.3, 0.4) is 0 Å². The molecular formula is C24H22N2O. The monoisotopic (exact) mass is 354 g/mol. The van der Waals surface area contributed by atoms with Crippen molar-refractivity contribution < 1.29 is 0 Å². The van der Waals surface area contributed by atoms with E-state index in [9.17, 15) is 4.79 Å². The van der Waals surface area contributed by atoms with Crippen molar-refractivity contribution in [3.05, 3.63) is 99.8 Å². The van der Waals surface area contributed by atoms with Gasteiger partial charge in [-0.15, -0.1) is 0 Å². The molecule has 1 aromatic heterocycles. The zero-order valence-corrected chi connectivity index (χ0v) is 15.8. The number of hydrogen-bond acceptors (Lipinski definition) is 1. The molecule has 0 aliphatic rings. The number of aromatic nitrogens is 2. The van der Waals surface area contributed by atoms with Gasteiger partial charge in [0.25, 0.3) is 5.56 Å². The van der Waals surface area contributed by atoms with Crippen LogP contribution in [0.25, 0.3) is 28.1 Å². The van der Waals surface area contributed by atoms with Crippen molar-refractivity contribution in [2.75, 3.05) is 0 Å². The number of aryl methyl sites for hydroxylation is 3. The van der Waals surface area contributed by atoms with Crippen LogP contribution >= 0.6 is 0 Å². The summed E-state index contributed by atoms with van der Waals surface area (Å²) < 4.78 is 1.90. The fraction of sp³-hybridized carbons (Fsp3) is 0.125. The predicted octanol–water partition coefficient (Wildman–Crippen LogP) is 5.42. The Morgan fingerprint density at radius 3 is 1.96 bits per heavy atom. The SMILES string of the molecule is Cc1ccc(-c2c(-c3ccccc3C)n(-c3ccc(C)cc3)[nH]c2=O)cc1. The molecule has 0 radical (unpaired) electrons. The lowest BCUT2D eigenvalue weighted by Gasteiger charge is -2.13. The van der Waals surface area contributed by atoms with E-state index < -0.39 is 0 Å². The average Bonchev–Trinajstić information content (AvgIpc) is 3.00. The van der Waals surface area contributed by atoms with Crippen molar-refractivity contribution in [2.24, 2.45) is 0 Å². The minimum Gasteiger partial charge on any atom is -0.267 e. The van der Waals surface area contributed by atoms with E-state index in [1.54, 1.807) is 0 Å². The van der Waals surface area contributed by atoms with Gasteiger partial charge in [-0.2, -0.15) is 0 Å². The molecular weight excluding hydrogens is 332 g/mol. The van der Waals surface area contributed by atoms with E-state index in [1.165, 1.54) is 11.1 Å². The van der Waals surface area contributed by atoms with Gasteiger partial charge in [-0.1, -0.05) is 71.8 Å². The minimum atomic E-state index is -0.0855. The highest BCUT2D eigenvalue weighted by atomic mass is 16.1. The molecule has 4 aromatic rings. The van der Waals surface area contributed by atoms with E-state index in [-0.39, 0.29) is 5.56 Å². The van der Waals surface area contributed by atoms with Crippen molar-refractivity contribution in [1.29, 1.82) is 0 Å². The standard InChI is InChI=1S/C24H22N2O/c1-16-8-12-19(13-9-16)22-23(21-7-5-4-6-18(21)3)26(25-24(22)27)20-14-10-17(2)11-15-20/h4-15H,1-3H3,(H,25,27). The van der Waals surface area contributed by atoms with Crippen LogP contribution in [0.2, 0.25) is 0 Å². The summed E-state index contributed by atoms with van der Waals surface area (Å²) in [5.41, 5.74) is 7.90. The largest absolute Gasteiger partial charge is 0.272 e. The third-order valence-electron chi connectivity index (χ3n) is 4.93. The first-order valence-electron chi connectivity index (χ1n) is 9.10. The minimum absolute atomic E-state index is 0.0855. The number of nitrogens with zero attached hydrogens (tertiary/aromatic N) is 1. The van der Waals surface area contributed by atoms with Crippen LogP contribution in [-0.2, 0) is 0 Å². The highest BCUT2D eigenvalue weighted by molar-refractivity contribution is 5.83. The molecule has 3 nitrogen and oxygen atoms in total. The van der Waals surface area contributed by atoms with Crippen LogP contribution < -0.4 is 5.56 Å². The number of hydrogen-bond donors (Lipinski definition) is 1. The van der Waals surface area contributed by atoms with Crippen molar-refractivity contribution >= 4 is 0 Å². The summed E-state index contributed by atoms with van der Waals surface area (Å²) in [5.74, 6) is 0. The lowest BCUT2D eigenvalue weighted by atomic mass is 9.97. The van der Waals surface area contributed by atoms with Crippen molar-refractivity contribution in [1.82, 2.24) is 9.78 Å². The summed E-state index contributed by atoms with van der Waals surface area (Å²) >= 11 is 0. The molecule has 0 bridgehead atoms. The Hall–Kier alpha value is -3.33. The maximum atomic E-state index is 13.0. The fourth-order valence-corrected chi connectivity index (χ4v) is 3.40. The Kier molecular flexibility index (Phi) is 4.28. The van der Waals surface area contributed by atoms with Crippen molar-refractivity contribution in [2.45, 2.75) is 20.8 Å². The Morgan fingerprint density at radius 2 is 1.33 bits per heavy atom. The van der Waals surface area contributed by atoms with Crippen LogP contribution in [0.4, 0.5) is 0 Å². The lowest BCUT2D eigenvalue weighted by molar-refractivity contribution is 0.870. The first-order valence-corrected chi connectivity index (χ1v) is 9.10. The average molecular weight is 354 g/mol. The van der Waals surface area contributed by atoms with E-state index >= 15 is 0 Å². The molecule has 27 heavy (non-hydrogen) atoms. The number of H-pyrrole nitrogens is 1. The molecule has 0 fully saturated rings. The molecule has 0 aliphatic heterocycles. The molecule has 0 amide bonds. The molecule has 0 spiro atoms. The number of rotatable bonds is 3. The second-order valence-electron chi connectivity index (χ2n) is 7.02. The number of benzene rings is 3. The molecule has 0 aliphatic carbocycles. The highest BCUT2D eigenvalue weighted by Crippen LogP contribution is 2.33. The third-order valence-corrected chi connectivity index (χ3v) is 4.93. The molecule has 0 saturated carbocycles. The molecule has 3 aromatic carbocycles. The van der Waals surface area contributed by atoms with E-state index in [0.29, 0.717) is 5.56 Å². The molecule has 1 N–H and O–H groups in total. The Labute approximate surface area is 158 Å². The molecule has 0 saturated heterocycles. The van der Waals surface area contributed by atoms with Crippen LogP contribution in [0.15, 0.2) is 77.6 Å². The van der Waals surface area contributed by atoms with Gasteiger partial charge in [0, 0.05) is 5.56 Å². The number of aromatic amines is 1. The highest BCUT2D eigenvalue weighted by Gasteiger charge is 2.20. The molecule has 1 heterocycles. The van der Waals surface area contributed by atoms with Gasteiger partial charge in [0.2, 0.25) is 0 Å². The van der Waals surface area contributed by atoms with Crippen LogP contribution in [0.5, 0.6) is 0 Å². The van der Waals surface area contributed by atoms with E-state index in [2.05, 4.69) is 43.2 Å². The summed E-state index contributed by atoms with van der Waals surface area (Å²) in [6.45, 7) is 6.18. The van der Waals surface area contributed by atoms with Crippen molar-refractivity contribution in [3.8, 4) is 28.1 Å². The zero-order valence-electron chi connectivity index (χ0n) is 15.8. The second kappa shape index (κ2) is 6.76. The van der Waals surface area contributed by atoms with Gasteiger partial charge in [-0.05, 0) is 44.0 Å². The summed E-state index contributed by atoms with van der Waals surface area (Å²) in [4.78, 5) is 13.0. The van der Waals surface area contributed by atoms with Gasteiger partial charge in [-0.3, -0.25) is 14.6 Å². The van der Waals surface area contributed by atoms with Gasteiger partial charge >= 0.3 is 0 Å². The van der Waals surface area contributed by atoms with Gasteiger partial charge in [0.1, 0.15) is 0 Å². The molecule has 134 valence electrons. The molecule has 0 atom stereocenters. The second-order valence-corrected chi connectivity index (χ2v) is 7.02. The van der Waals surface area contributed by atoms with Gasteiger partial charge in [-0.25, -0.2) is 0 Å². The van der Waals surface area contributed by atoms with E-state index in [0.717, 1.165) is 28.1 Å². The maximum absolute atomic E-state index is 13.0. The molecule has 3 heteroatoms. The summed E-state index contributed by atoms with van der Waals surface area (Å²) in [7, 11) is 0. The quantitative estimate of drug-likeness (QED) is 0.524. The van der Waals surface area contributed by atoms with Gasteiger partial charge in [0.05, 0.1) is 16.9 Å². The summed E-state index contributed by atoms with van der Waals surface area (Å²) in [6, 6.07) is 24.5. The van der Waals surface area contributed by atoms with Gasteiger partial charge < -0.3 is 0 Å². The summed E-state index contributed by atoms with van der Waals surface area (Å²) in [6.07, 6.45) is 0. The van der Waals surface area contributed by atoms with Crippen LogP contribution in [-0.4, -0.2) is 9.78 Å². The zero-order chi connectivity index (χ0) is 19.0. The van der Waals surface area contributed by atoms with Crippen LogP contribution in [0.1, 0.15) is 16.7 Å². The number of nitrogens with one attached hydrogen (secondary N) is 1. The Balaban J connectivity index is 2.05. The topological polar surface area (TPSA) is 37.8 Å². The fourth-order valence-electron chi connectivity index (χ4n) is 3.40. The van der Waals surface area contributed by atoms with E-state index in [1.807, 2.05) is 60.1 Å². The Morgan fingerprint density at radius 1 is 0.741 bits per heavy atom. The molecule has 4 rings (SSSR count). The first-order chi connectivity index (χ1) is 13.0. The van der Waals surface area contributed by atoms with Crippen LogP contribution in [0, 0.1) is 20.8 Å². The lowest BCUT2D eigenvalue weighted by Crippen LogP contribution is -2.05. The summed E-state index contributed by atoms with van der Waals surface area (Å²) in [5, 5.41) is 3.05. The molecule has 0 unspecified atom stereocenters. The maximum Gasteiger partial charge on any atom is 0.272 e. The Bertz CT molecular complexity index is 1150. The first kappa shape index (κ1) is 17.1. The predicted molar refractivity (Wildman–Crippen MR) is 111 cm³/mol. The van der Waals surface area contributed by atoms with Crippen molar-refractivity contribution in [3.63, 3.8) is 0 Å². The van der Waals surface area contributed by atoms with Gasteiger partial charge in [0.15, 0.2) is 0 Å².